The minimum Gasteiger partial charge on any atom is -0.477 e. The molecule has 3 aliphatic rings. The van der Waals surface area contributed by atoms with Crippen LogP contribution in [-0.2, 0) is 14.3 Å². The van der Waals surface area contributed by atoms with Crippen LogP contribution in [-0.4, -0.2) is 46.5 Å². The van der Waals surface area contributed by atoms with Crippen molar-refractivity contribution in [2.45, 2.75) is 19.1 Å². The van der Waals surface area contributed by atoms with Gasteiger partial charge in [0.1, 0.15) is 17.6 Å². The number of esters is 1. The zero-order valence-corrected chi connectivity index (χ0v) is 17.2. The van der Waals surface area contributed by atoms with Gasteiger partial charge in [-0.1, -0.05) is 30.0 Å². The van der Waals surface area contributed by atoms with E-state index in [1.54, 1.807) is 30.0 Å². The lowest BCUT2D eigenvalue weighted by Gasteiger charge is -2.29. The molecule has 3 heterocycles. The Balaban J connectivity index is 1.54. The summed E-state index contributed by atoms with van der Waals surface area (Å²) in [7, 11) is 0. The second kappa shape index (κ2) is 7.69. The Labute approximate surface area is 181 Å². The van der Waals surface area contributed by atoms with E-state index in [9.17, 15) is 14.0 Å². The van der Waals surface area contributed by atoms with Crippen molar-refractivity contribution in [1.82, 2.24) is 5.01 Å². The molecule has 2 aromatic rings. The van der Waals surface area contributed by atoms with Gasteiger partial charge < -0.3 is 9.47 Å². The molecule has 0 saturated heterocycles. The quantitative estimate of drug-likeness (QED) is 0.680. The third-order valence-corrected chi connectivity index (χ3v) is 5.86. The first kappa shape index (κ1) is 19.6. The van der Waals surface area contributed by atoms with E-state index in [-0.39, 0.29) is 24.2 Å². The highest BCUT2D eigenvalue weighted by Gasteiger charge is 2.50. The van der Waals surface area contributed by atoms with E-state index in [2.05, 4.69) is 5.10 Å². The van der Waals surface area contributed by atoms with E-state index in [1.807, 2.05) is 18.2 Å². The zero-order chi connectivity index (χ0) is 21.5. The Bertz CT molecular complexity index is 1120. The minimum atomic E-state index is -0.811. The predicted octanol–water partition coefficient (Wildman–Crippen LogP) is 2.91. The normalized spacial score (nSPS) is 21.0. The van der Waals surface area contributed by atoms with E-state index < -0.39 is 23.9 Å². The van der Waals surface area contributed by atoms with Gasteiger partial charge in [0, 0.05) is 5.56 Å². The molecule has 0 spiro atoms. The van der Waals surface area contributed by atoms with Crippen LogP contribution in [0.25, 0.3) is 0 Å². The van der Waals surface area contributed by atoms with E-state index in [4.69, 9.17) is 14.5 Å². The number of fused-ring (bicyclic) bond motifs is 4. The number of carbonyl (C=O) groups excluding carboxylic acids is 2. The second-order valence-corrected chi connectivity index (χ2v) is 7.83. The topological polar surface area (TPSA) is 83.8 Å². The number of aliphatic imine (C=N–C) groups is 1. The molecule has 0 saturated carbocycles. The molecule has 0 N–H and O–H groups in total. The largest absolute Gasteiger partial charge is 0.477 e. The highest BCUT2D eigenvalue weighted by atomic mass is 32.2. The fourth-order valence-electron chi connectivity index (χ4n) is 3.62. The van der Waals surface area contributed by atoms with Crippen molar-refractivity contribution >= 4 is 40.5 Å². The molecule has 0 bridgehead atoms. The van der Waals surface area contributed by atoms with Gasteiger partial charge in [0.2, 0.25) is 12.1 Å². The molecule has 3 aliphatic heterocycles. The first-order chi connectivity index (χ1) is 15.1. The van der Waals surface area contributed by atoms with Crippen molar-refractivity contribution in [3.8, 4) is 5.75 Å². The fourth-order valence-corrected chi connectivity index (χ4v) is 4.40. The van der Waals surface area contributed by atoms with E-state index in [0.717, 1.165) is 17.3 Å². The Kier molecular flexibility index (Phi) is 4.85. The maximum absolute atomic E-state index is 13.5. The third kappa shape index (κ3) is 3.32. The number of carbonyl (C=O) groups is 2. The second-order valence-electron chi connectivity index (χ2n) is 6.89. The fraction of sp³-hybridized carbons (Fsp3) is 0.238. The van der Waals surface area contributed by atoms with Gasteiger partial charge in [-0.3, -0.25) is 14.5 Å². The molecule has 2 atom stereocenters. The van der Waals surface area contributed by atoms with Crippen LogP contribution in [0.3, 0.4) is 0 Å². The minimum absolute atomic E-state index is 0.00582. The highest BCUT2D eigenvalue weighted by molar-refractivity contribution is 8.14. The standard InChI is InChI=1S/C21H17FN4O4S/c1-2-29-16(27)11-31-21-24-26-19(28)18-17(14-5-3-4-6-15(14)30-18)23-20(26)25(21)13-9-7-12(22)8-10-13/h3-10,17-18H,2,11H2,1H3. The molecule has 0 aromatic heterocycles. The van der Waals surface area contributed by atoms with Gasteiger partial charge in [0.15, 0.2) is 5.17 Å². The number of amidine groups is 1. The Morgan fingerprint density at radius 1 is 1.23 bits per heavy atom. The zero-order valence-electron chi connectivity index (χ0n) is 16.4. The number of rotatable bonds is 4. The van der Waals surface area contributed by atoms with E-state index in [1.165, 1.54) is 17.1 Å². The van der Waals surface area contributed by atoms with Gasteiger partial charge in [-0.2, -0.15) is 5.01 Å². The van der Waals surface area contributed by atoms with Gasteiger partial charge in [-0.15, -0.1) is 5.10 Å². The Morgan fingerprint density at radius 2 is 2.00 bits per heavy atom. The average molecular weight is 440 g/mol. The van der Waals surface area contributed by atoms with Gasteiger partial charge in [-0.25, -0.2) is 9.38 Å². The molecule has 0 fully saturated rings. The summed E-state index contributed by atoms with van der Waals surface area (Å²) in [6.45, 7) is 2.00. The van der Waals surface area contributed by atoms with Crippen molar-refractivity contribution in [3.63, 3.8) is 0 Å². The first-order valence-corrected chi connectivity index (χ1v) is 10.7. The number of benzene rings is 2. The molecule has 2 aromatic carbocycles. The van der Waals surface area contributed by atoms with Crippen LogP contribution in [0.15, 0.2) is 58.6 Å². The Hall–Kier alpha value is -3.40. The summed E-state index contributed by atoms with van der Waals surface area (Å²) in [5.74, 6) is -0.245. The summed E-state index contributed by atoms with van der Waals surface area (Å²) < 4.78 is 24.3. The van der Waals surface area contributed by atoms with Crippen LogP contribution in [0.4, 0.5) is 10.1 Å². The van der Waals surface area contributed by atoms with Crippen molar-refractivity contribution < 1.29 is 23.5 Å². The Morgan fingerprint density at radius 3 is 2.77 bits per heavy atom. The van der Waals surface area contributed by atoms with Crippen LogP contribution in [0.5, 0.6) is 5.75 Å². The van der Waals surface area contributed by atoms with E-state index >= 15 is 0 Å². The van der Waals surface area contributed by atoms with Gasteiger partial charge >= 0.3 is 5.97 Å². The predicted molar refractivity (Wildman–Crippen MR) is 113 cm³/mol. The molecular weight excluding hydrogens is 423 g/mol. The summed E-state index contributed by atoms with van der Waals surface area (Å²) in [5, 5.41) is 5.95. The number of ether oxygens (including phenoxy) is 2. The summed E-state index contributed by atoms with van der Waals surface area (Å²) in [5.41, 5.74) is 1.39. The van der Waals surface area contributed by atoms with Crippen molar-refractivity contribution in [1.29, 1.82) is 0 Å². The molecule has 8 nitrogen and oxygen atoms in total. The summed E-state index contributed by atoms with van der Waals surface area (Å²) >= 11 is 1.11. The molecule has 5 rings (SSSR count). The first-order valence-electron chi connectivity index (χ1n) is 9.67. The molecule has 0 radical (unpaired) electrons. The molecule has 158 valence electrons. The van der Waals surface area contributed by atoms with Crippen molar-refractivity contribution in [2.75, 3.05) is 17.3 Å². The van der Waals surface area contributed by atoms with Crippen LogP contribution in [0.2, 0.25) is 0 Å². The molecule has 10 heteroatoms. The number of thioether (sulfide) groups is 1. The maximum Gasteiger partial charge on any atom is 0.316 e. The van der Waals surface area contributed by atoms with Crippen LogP contribution in [0.1, 0.15) is 18.5 Å². The highest BCUT2D eigenvalue weighted by Crippen LogP contribution is 2.43. The van der Waals surface area contributed by atoms with Crippen LogP contribution in [0, 0.1) is 5.82 Å². The number of nitrogens with zero attached hydrogens (tertiary/aromatic N) is 4. The summed E-state index contributed by atoms with van der Waals surface area (Å²) in [6, 6.07) is 12.6. The molecule has 0 aliphatic carbocycles. The summed E-state index contributed by atoms with van der Waals surface area (Å²) in [6.07, 6.45) is -0.811. The maximum atomic E-state index is 13.5. The average Bonchev–Trinajstić information content (AvgIpc) is 3.33. The molecule has 31 heavy (non-hydrogen) atoms. The number of anilines is 1. The number of hydrogen-bond donors (Lipinski definition) is 0. The number of amides is 1. The van der Waals surface area contributed by atoms with Crippen molar-refractivity contribution in [2.24, 2.45) is 10.1 Å². The van der Waals surface area contributed by atoms with Gasteiger partial charge in [0.05, 0.1) is 18.0 Å². The van der Waals surface area contributed by atoms with Gasteiger partial charge in [0.25, 0.3) is 5.91 Å². The monoisotopic (exact) mass is 440 g/mol. The van der Waals surface area contributed by atoms with Gasteiger partial charge in [-0.05, 0) is 37.3 Å². The van der Waals surface area contributed by atoms with Crippen LogP contribution < -0.4 is 9.64 Å². The SMILES string of the molecule is CCOC(=O)CSC1=NN2C(=O)C3Oc4ccccc4C3N=C2N1c1ccc(F)cc1. The third-order valence-electron chi connectivity index (χ3n) is 4.96. The number of para-hydroxylation sites is 1. The lowest BCUT2D eigenvalue weighted by atomic mass is 10.0. The lowest BCUT2D eigenvalue weighted by molar-refractivity contribution is -0.139. The number of hydrazone groups is 1. The van der Waals surface area contributed by atoms with Crippen LogP contribution >= 0.6 is 11.8 Å². The molecule has 1 amide bonds. The number of halogens is 1. The van der Waals surface area contributed by atoms with E-state index in [0.29, 0.717) is 16.6 Å². The smallest absolute Gasteiger partial charge is 0.316 e. The number of hydrogen-bond acceptors (Lipinski definition) is 8. The lowest BCUT2D eigenvalue weighted by Crippen LogP contribution is -2.50. The van der Waals surface area contributed by atoms with Crippen molar-refractivity contribution in [3.05, 3.63) is 59.9 Å². The summed E-state index contributed by atoms with van der Waals surface area (Å²) in [4.78, 5) is 31.5. The molecular formula is C21H17FN4O4S. The molecule has 2 unspecified atom stereocenters. The number of guanidine groups is 1.